The van der Waals surface area contributed by atoms with E-state index in [2.05, 4.69) is 26.1 Å². The first kappa shape index (κ1) is 21.5. The highest BCUT2D eigenvalue weighted by Gasteiger charge is 2.17. The van der Waals surface area contributed by atoms with Crippen LogP contribution in [0.15, 0.2) is 48.5 Å². The van der Waals surface area contributed by atoms with Crippen LogP contribution in [0.5, 0.6) is 5.75 Å². The van der Waals surface area contributed by atoms with E-state index in [0.717, 1.165) is 0 Å². The Hall–Kier alpha value is -2.82. The molecule has 0 bridgehead atoms. The minimum atomic E-state index is -0.151. The second-order valence-electron chi connectivity index (χ2n) is 7.65. The van der Waals surface area contributed by atoms with Gasteiger partial charge in [-0.3, -0.25) is 9.59 Å². The second kappa shape index (κ2) is 9.40. The lowest BCUT2D eigenvalue weighted by molar-refractivity contribution is -0.116. The van der Waals surface area contributed by atoms with Gasteiger partial charge >= 0.3 is 0 Å². The van der Waals surface area contributed by atoms with E-state index in [0.29, 0.717) is 36.7 Å². The van der Waals surface area contributed by atoms with Gasteiger partial charge in [-0.05, 0) is 42.2 Å². The van der Waals surface area contributed by atoms with E-state index in [1.165, 1.54) is 12.5 Å². The van der Waals surface area contributed by atoms with E-state index in [-0.39, 0.29) is 17.2 Å². The summed E-state index contributed by atoms with van der Waals surface area (Å²) >= 11 is 0. The molecule has 0 aliphatic heterocycles. The van der Waals surface area contributed by atoms with Gasteiger partial charge in [0.2, 0.25) is 5.91 Å². The summed E-state index contributed by atoms with van der Waals surface area (Å²) in [6.45, 7) is 11.1. The molecule has 1 N–H and O–H groups in total. The van der Waals surface area contributed by atoms with Gasteiger partial charge < -0.3 is 15.0 Å². The standard InChI is InChI=1S/C23H30N2O3/c1-6-28-21-10-8-7-9-20(21)25(17(2)26)16-15-24-22(27)18-11-13-19(14-12-18)23(3,4)5/h7-14H,6,15-16H2,1-5H3,(H,24,27). The number of carbonyl (C=O) groups excluding carboxylic acids is 2. The highest BCUT2D eigenvalue weighted by molar-refractivity contribution is 5.95. The molecule has 0 radical (unpaired) electrons. The van der Waals surface area contributed by atoms with Crippen LogP contribution in [0.25, 0.3) is 0 Å². The third kappa shape index (κ3) is 5.59. The highest BCUT2D eigenvalue weighted by atomic mass is 16.5. The molecule has 5 nitrogen and oxygen atoms in total. The summed E-state index contributed by atoms with van der Waals surface area (Å²) in [5.41, 5.74) is 2.54. The molecule has 5 heteroatoms. The maximum Gasteiger partial charge on any atom is 0.251 e. The average Bonchev–Trinajstić information content (AvgIpc) is 2.65. The first-order valence-electron chi connectivity index (χ1n) is 9.62. The number of carbonyl (C=O) groups is 2. The van der Waals surface area contributed by atoms with Gasteiger partial charge in [0.1, 0.15) is 5.75 Å². The Morgan fingerprint density at radius 1 is 1.04 bits per heavy atom. The van der Waals surface area contributed by atoms with Crippen molar-refractivity contribution >= 4 is 17.5 Å². The van der Waals surface area contributed by atoms with Crippen molar-refractivity contribution in [1.29, 1.82) is 0 Å². The zero-order valence-corrected chi connectivity index (χ0v) is 17.4. The molecule has 0 atom stereocenters. The first-order chi connectivity index (χ1) is 13.2. The van der Waals surface area contributed by atoms with Crippen molar-refractivity contribution in [3.8, 4) is 5.75 Å². The normalized spacial score (nSPS) is 11.0. The van der Waals surface area contributed by atoms with Crippen molar-refractivity contribution in [2.75, 3.05) is 24.6 Å². The number of amides is 2. The van der Waals surface area contributed by atoms with Crippen LogP contribution in [0.3, 0.4) is 0 Å². The maximum atomic E-state index is 12.4. The van der Waals surface area contributed by atoms with Crippen LogP contribution >= 0.6 is 0 Å². The van der Waals surface area contributed by atoms with Crippen LogP contribution in [-0.2, 0) is 10.2 Å². The quantitative estimate of drug-likeness (QED) is 0.782. The maximum absolute atomic E-state index is 12.4. The largest absolute Gasteiger partial charge is 0.492 e. The molecule has 0 spiro atoms. The van der Waals surface area contributed by atoms with Gasteiger partial charge in [-0.25, -0.2) is 0 Å². The van der Waals surface area contributed by atoms with Crippen molar-refractivity contribution in [3.63, 3.8) is 0 Å². The number of anilines is 1. The predicted octanol–water partition coefficient (Wildman–Crippen LogP) is 4.17. The Balaban J connectivity index is 2.01. The molecule has 28 heavy (non-hydrogen) atoms. The van der Waals surface area contributed by atoms with E-state index in [1.807, 2.05) is 55.5 Å². The number of rotatable bonds is 7. The smallest absolute Gasteiger partial charge is 0.251 e. The molecule has 0 fully saturated rings. The molecular weight excluding hydrogens is 352 g/mol. The highest BCUT2D eigenvalue weighted by Crippen LogP contribution is 2.28. The van der Waals surface area contributed by atoms with Crippen LogP contribution in [0.4, 0.5) is 5.69 Å². The number of hydrogen-bond acceptors (Lipinski definition) is 3. The lowest BCUT2D eigenvalue weighted by atomic mass is 9.87. The van der Waals surface area contributed by atoms with Gasteiger partial charge in [0.05, 0.1) is 12.3 Å². The predicted molar refractivity (Wildman–Crippen MR) is 113 cm³/mol. The zero-order valence-electron chi connectivity index (χ0n) is 17.4. The third-order valence-corrected chi connectivity index (χ3v) is 4.47. The summed E-state index contributed by atoms with van der Waals surface area (Å²) in [4.78, 5) is 26.2. The molecule has 0 unspecified atom stereocenters. The molecular formula is C23H30N2O3. The topological polar surface area (TPSA) is 58.6 Å². The lowest BCUT2D eigenvalue weighted by Gasteiger charge is -2.24. The molecule has 0 saturated heterocycles. The van der Waals surface area contributed by atoms with Crippen LogP contribution < -0.4 is 15.0 Å². The van der Waals surface area contributed by atoms with E-state index >= 15 is 0 Å². The van der Waals surface area contributed by atoms with Crippen molar-refractivity contribution in [1.82, 2.24) is 5.32 Å². The van der Waals surface area contributed by atoms with Gasteiger partial charge in [0.25, 0.3) is 5.91 Å². The molecule has 0 aliphatic carbocycles. The van der Waals surface area contributed by atoms with Crippen LogP contribution in [0.2, 0.25) is 0 Å². The Kier molecular flexibility index (Phi) is 7.21. The van der Waals surface area contributed by atoms with Crippen molar-refractivity contribution in [2.24, 2.45) is 0 Å². The molecule has 150 valence electrons. The van der Waals surface area contributed by atoms with Gasteiger partial charge in [-0.15, -0.1) is 0 Å². The van der Waals surface area contributed by atoms with Gasteiger partial charge in [0, 0.05) is 25.6 Å². The fourth-order valence-corrected chi connectivity index (χ4v) is 2.91. The van der Waals surface area contributed by atoms with Crippen LogP contribution in [0.1, 0.15) is 50.5 Å². The molecule has 0 saturated carbocycles. The number of nitrogens with zero attached hydrogens (tertiary/aromatic N) is 1. The first-order valence-corrected chi connectivity index (χ1v) is 9.62. The molecule has 2 aromatic carbocycles. The summed E-state index contributed by atoms with van der Waals surface area (Å²) in [7, 11) is 0. The van der Waals surface area contributed by atoms with Crippen molar-refractivity contribution in [2.45, 2.75) is 40.0 Å². The van der Waals surface area contributed by atoms with Gasteiger partial charge in [-0.2, -0.15) is 0 Å². The fraction of sp³-hybridized carbons (Fsp3) is 0.391. The summed E-state index contributed by atoms with van der Waals surface area (Å²) in [5.74, 6) is 0.405. The SMILES string of the molecule is CCOc1ccccc1N(CCNC(=O)c1ccc(C(C)(C)C)cc1)C(C)=O. The second-order valence-corrected chi connectivity index (χ2v) is 7.65. The summed E-state index contributed by atoms with van der Waals surface area (Å²) < 4.78 is 5.62. The summed E-state index contributed by atoms with van der Waals surface area (Å²) in [5, 5.41) is 2.89. The monoisotopic (exact) mass is 382 g/mol. The van der Waals surface area contributed by atoms with Gasteiger partial charge in [-0.1, -0.05) is 45.0 Å². The van der Waals surface area contributed by atoms with E-state index in [9.17, 15) is 9.59 Å². The molecule has 2 rings (SSSR count). The lowest BCUT2D eigenvalue weighted by Crippen LogP contribution is -2.37. The van der Waals surface area contributed by atoms with Gasteiger partial charge in [0.15, 0.2) is 0 Å². The number of benzene rings is 2. The summed E-state index contributed by atoms with van der Waals surface area (Å²) in [6.07, 6.45) is 0. The Bertz CT molecular complexity index is 807. The third-order valence-electron chi connectivity index (χ3n) is 4.47. The minimum Gasteiger partial charge on any atom is -0.492 e. The molecule has 0 aromatic heterocycles. The number of nitrogens with one attached hydrogen (secondary N) is 1. The van der Waals surface area contributed by atoms with Crippen LogP contribution in [-0.4, -0.2) is 31.5 Å². The Morgan fingerprint density at radius 3 is 2.25 bits per heavy atom. The Morgan fingerprint density at radius 2 is 1.68 bits per heavy atom. The van der Waals surface area contributed by atoms with Crippen molar-refractivity contribution < 1.29 is 14.3 Å². The molecule has 2 aromatic rings. The average molecular weight is 383 g/mol. The summed E-state index contributed by atoms with van der Waals surface area (Å²) in [6, 6.07) is 15.1. The zero-order chi connectivity index (χ0) is 20.7. The Labute approximate surface area is 167 Å². The van der Waals surface area contributed by atoms with E-state index < -0.39 is 0 Å². The number of para-hydroxylation sites is 2. The minimum absolute atomic E-state index is 0.0466. The number of ether oxygens (including phenoxy) is 1. The number of hydrogen-bond donors (Lipinski definition) is 1. The molecule has 0 aliphatic rings. The van der Waals surface area contributed by atoms with Crippen molar-refractivity contribution in [3.05, 3.63) is 59.7 Å². The van der Waals surface area contributed by atoms with E-state index in [1.54, 1.807) is 4.90 Å². The fourth-order valence-electron chi connectivity index (χ4n) is 2.91. The molecule has 0 heterocycles. The van der Waals surface area contributed by atoms with Crippen LogP contribution in [0, 0.1) is 0 Å². The van der Waals surface area contributed by atoms with E-state index in [4.69, 9.17) is 4.74 Å². The molecule has 2 amide bonds.